The van der Waals surface area contributed by atoms with Gasteiger partial charge in [0.1, 0.15) is 11.4 Å². The number of nitrogens with one attached hydrogen (secondary N) is 1. The number of rotatable bonds is 6. The van der Waals surface area contributed by atoms with Crippen LogP contribution < -0.4 is 10.1 Å². The summed E-state index contributed by atoms with van der Waals surface area (Å²) in [6, 6.07) is 15.6. The first-order valence-corrected chi connectivity index (χ1v) is 10.1. The van der Waals surface area contributed by atoms with Crippen LogP contribution in [0.25, 0.3) is 22.0 Å². The summed E-state index contributed by atoms with van der Waals surface area (Å²) in [4.78, 5) is 2.45. The molecule has 148 valence electrons. The topological polar surface area (TPSA) is 50.5 Å². The molecule has 1 aliphatic heterocycles. The summed E-state index contributed by atoms with van der Waals surface area (Å²) in [7, 11) is 1.70. The Morgan fingerprint density at radius 2 is 1.96 bits per heavy atom. The minimum absolute atomic E-state index is 0.545. The van der Waals surface area contributed by atoms with Crippen LogP contribution in [-0.4, -0.2) is 42.3 Å². The molecule has 1 saturated heterocycles. The van der Waals surface area contributed by atoms with Crippen LogP contribution in [0, 0.1) is 0 Å². The predicted octanol–water partition coefficient (Wildman–Crippen LogP) is 4.47. The summed E-state index contributed by atoms with van der Waals surface area (Å²) < 4.78 is 11.3. The summed E-state index contributed by atoms with van der Waals surface area (Å²) in [5.74, 6) is 1.72. The highest BCUT2D eigenvalue weighted by atomic mass is 16.5. The van der Waals surface area contributed by atoms with Crippen LogP contribution in [-0.2, 0) is 6.54 Å². The number of hydrogen-bond donors (Lipinski definition) is 1. The average molecular weight is 380 g/mol. The molecule has 1 N–H and O–H groups in total. The lowest BCUT2D eigenvalue weighted by Crippen LogP contribution is -2.44. The second kappa shape index (κ2) is 8.33. The Labute approximate surface area is 166 Å². The maximum atomic E-state index is 5.70. The first kappa shape index (κ1) is 19.0. The minimum atomic E-state index is 0.545. The molecule has 0 unspecified atom stereocenters. The molecule has 3 aromatic rings. The maximum Gasteiger partial charge on any atom is 0.151 e. The predicted molar refractivity (Wildman–Crippen MR) is 113 cm³/mol. The van der Waals surface area contributed by atoms with Gasteiger partial charge in [-0.1, -0.05) is 49.3 Å². The standard InChI is InChI=1S/C23H29N3O2/c1-16(2)24-18-10-12-26(13-11-18)15-19-14-21(25-28-19)23-20-7-5-4-6-17(20)8-9-22(23)27-3/h4-9,14,16,18,24H,10-13,15H2,1-3H3. The van der Waals surface area contributed by atoms with Gasteiger partial charge in [-0.2, -0.15) is 0 Å². The SMILES string of the molecule is COc1ccc2ccccc2c1-c1cc(CN2CCC(NC(C)C)CC2)on1. The van der Waals surface area contributed by atoms with Crippen molar-refractivity contribution in [2.24, 2.45) is 0 Å². The van der Waals surface area contributed by atoms with Crippen molar-refractivity contribution in [2.45, 2.75) is 45.3 Å². The Balaban J connectivity index is 1.51. The smallest absolute Gasteiger partial charge is 0.151 e. The Hall–Kier alpha value is -2.37. The van der Waals surface area contributed by atoms with E-state index in [-0.39, 0.29) is 0 Å². The first-order chi connectivity index (χ1) is 13.6. The van der Waals surface area contributed by atoms with Crippen LogP contribution in [0.15, 0.2) is 47.0 Å². The number of fused-ring (bicyclic) bond motifs is 1. The zero-order chi connectivity index (χ0) is 19.5. The molecule has 0 bridgehead atoms. The minimum Gasteiger partial charge on any atom is -0.496 e. The number of hydrogen-bond acceptors (Lipinski definition) is 5. The summed E-state index contributed by atoms with van der Waals surface area (Å²) in [5, 5.41) is 10.3. The van der Waals surface area contributed by atoms with Crippen molar-refractivity contribution in [1.29, 1.82) is 0 Å². The molecule has 1 aliphatic rings. The van der Waals surface area contributed by atoms with E-state index >= 15 is 0 Å². The number of aromatic nitrogens is 1. The maximum absolute atomic E-state index is 5.70. The number of benzene rings is 2. The van der Waals surface area contributed by atoms with Gasteiger partial charge in [-0.25, -0.2) is 0 Å². The highest BCUT2D eigenvalue weighted by Crippen LogP contribution is 2.36. The number of nitrogens with zero attached hydrogens (tertiary/aromatic N) is 2. The Bertz CT molecular complexity index is 926. The third kappa shape index (κ3) is 4.05. The fourth-order valence-corrected chi connectivity index (χ4v) is 4.14. The van der Waals surface area contributed by atoms with Gasteiger partial charge in [0, 0.05) is 31.2 Å². The fourth-order valence-electron chi connectivity index (χ4n) is 4.14. The second-order valence-corrected chi connectivity index (χ2v) is 7.91. The highest BCUT2D eigenvalue weighted by molar-refractivity contribution is 5.98. The third-order valence-corrected chi connectivity index (χ3v) is 5.46. The molecule has 0 atom stereocenters. The zero-order valence-corrected chi connectivity index (χ0v) is 16.9. The van der Waals surface area contributed by atoms with Gasteiger partial charge in [0.15, 0.2) is 5.76 Å². The Morgan fingerprint density at radius 3 is 2.71 bits per heavy atom. The molecule has 2 aromatic carbocycles. The molecule has 0 saturated carbocycles. The molecule has 0 spiro atoms. The lowest BCUT2D eigenvalue weighted by molar-refractivity contribution is 0.170. The van der Waals surface area contributed by atoms with Crippen molar-refractivity contribution in [3.05, 3.63) is 48.2 Å². The summed E-state index contributed by atoms with van der Waals surface area (Å²) >= 11 is 0. The van der Waals surface area contributed by atoms with Crippen LogP contribution in [0.5, 0.6) is 5.75 Å². The van der Waals surface area contributed by atoms with Crippen LogP contribution >= 0.6 is 0 Å². The summed E-state index contributed by atoms with van der Waals surface area (Å²) in [5.41, 5.74) is 1.83. The van der Waals surface area contributed by atoms with Gasteiger partial charge in [0.25, 0.3) is 0 Å². The normalized spacial score (nSPS) is 16.1. The van der Waals surface area contributed by atoms with Gasteiger partial charge < -0.3 is 14.6 Å². The largest absolute Gasteiger partial charge is 0.496 e. The zero-order valence-electron chi connectivity index (χ0n) is 16.9. The Kier molecular flexibility index (Phi) is 5.64. The first-order valence-electron chi connectivity index (χ1n) is 10.1. The molecule has 5 heteroatoms. The molecule has 4 rings (SSSR count). The van der Waals surface area contributed by atoms with Crippen molar-refractivity contribution >= 4 is 10.8 Å². The number of piperidine rings is 1. The lowest BCUT2D eigenvalue weighted by atomic mass is 10.0. The van der Waals surface area contributed by atoms with Crippen LogP contribution in [0.1, 0.15) is 32.4 Å². The monoisotopic (exact) mass is 379 g/mol. The number of methoxy groups -OCH3 is 1. The van der Waals surface area contributed by atoms with E-state index in [0.717, 1.165) is 47.8 Å². The van der Waals surface area contributed by atoms with Gasteiger partial charge >= 0.3 is 0 Å². The van der Waals surface area contributed by atoms with Crippen molar-refractivity contribution in [3.8, 4) is 17.0 Å². The Morgan fingerprint density at radius 1 is 1.18 bits per heavy atom. The van der Waals surface area contributed by atoms with E-state index < -0.39 is 0 Å². The highest BCUT2D eigenvalue weighted by Gasteiger charge is 2.21. The van der Waals surface area contributed by atoms with E-state index in [2.05, 4.69) is 53.5 Å². The second-order valence-electron chi connectivity index (χ2n) is 7.91. The summed E-state index contributed by atoms with van der Waals surface area (Å²) in [6.45, 7) is 7.39. The number of ether oxygens (including phenoxy) is 1. The third-order valence-electron chi connectivity index (χ3n) is 5.46. The van der Waals surface area contributed by atoms with E-state index in [4.69, 9.17) is 9.26 Å². The molecule has 1 fully saturated rings. The molecular weight excluding hydrogens is 350 g/mol. The summed E-state index contributed by atoms with van der Waals surface area (Å²) in [6.07, 6.45) is 2.35. The van der Waals surface area contributed by atoms with Gasteiger partial charge in [0.2, 0.25) is 0 Å². The molecule has 1 aromatic heterocycles. The number of likely N-dealkylation sites (tertiary alicyclic amines) is 1. The van der Waals surface area contributed by atoms with Gasteiger partial charge in [-0.15, -0.1) is 0 Å². The van der Waals surface area contributed by atoms with E-state index in [1.54, 1.807) is 7.11 Å². The van der Waals surface area contributed by atoms with Crippen molar-refractivity contribution in [2.75, 3.05) is 20.2 Å². The molecule has 0 amide bonds. The van der Waals surface area contributed by atoms with Crippen molar-refractivity contribution < 1.29 is 9.26 Å². The van der Waals surface area contributed by atoms with Gasteiger partial charge in [0.05, 0.1) is 19.2 Å². The van der Waals surface area contributed by atoms with Crippen LogP contribution in [0.4, 0.5) is 0 Å². The quantitative estimate of drug-likeness (QED) is 0.685. The lowest BCUT2D eigenvalue weighted by Gasteiger charge is -2.32. The average Bonchev–Trinajstić information content (AvgIpc) is 3.16. The molecule has 28 heavy (non-hydrogen) atoms. The molecule has 0 radical (unpaired) electrons. The van der Waals surface area contributed by atoms with E-state index in [1.165, 1.54) is 18.2 Å². The van der Waals surface area contributed by atoms with E-state index in [9.17, 15) is 0 Å². The molecular formula is C23H29N3O2. The van der Waals surface area contributed by atoms with Crippen molar-refractivity contribution in [1.82, 2.24) is 15.4 Å². The van der Waals surface area contributed by atoms with Crippen LogP contribution in [0.2, 0.25) is 0 Å². The van der Waals surface area contributed by atoms with E-state index in [1.807, 2.05) is 18.2 Å². The van der Waals surface area contributed by atoms with E-state index in [0.29, 0.717) is 12.1 Å². The van der Waals surface area contributed by atoms with Crippen molar-refractivity contribution in [3.63, 3.8) is 0 Å². The van der Waals surface area contributed by atoms with Gasteiger partial charge in [-0.3, -0.25) is 4.90 Å². The molecule has 5 nitrogen and oxygen atoms in total. The van der Waals surface area contributed by atoms with Gasteiger partial charge in [-0.05, 0) is 29.7 Å². The fraction of sp³-hybridized carbons (Fsp3) is 0.435. The van der Waals surface area contributed by atoms with Crippen LogP contribution in [0.3, 0.4) is 0 Å². The molecule has 2 heterocycles. The molecule has 0 aliphatic carbocycles.